The van der Waals surface area contributed by atoms with Crippen LogP contribution in [0.1, 0.15) is 23.2 Å². The molecule has 0 aliphatic heterocycles. The maximum atomic E-state index is 12.4. The number of esters is 1. The molecule has 1 rings (SSSR count). The number of carbonyl (C=O) groups excluding carboxylic acids is 1. The standard InChI is InChI=1S/C10H11F2NO3/c1-5-3-6(9(11)12)10(15)13-7(5)4-8(14)16-2/h3,9H,4H2,1-2H3,(H,13,15). The van der Waals surface area contributed by atoms with Crippen LogP contribution in [0, 0.1) is 6.92 Å². The SMILES string of the molecule is COC(=O)Cc1[nH]c(=O)c(C(F)F)cc1C. The minimum Gasteiger partial charge on any atom is -0.469 e. The van der Waals surface area contributed by atoms with Gasteiger partial charge in [0, 0.05) is 5.69 Å². The molecule has 1 aromatic rings. The van der Waals surface area contributed by atoms with Gasteiger partial charge in [0.2, 0.25) is 0 Å². The van der Waals surface area contributed by atoms with Gasteiger partial charge in [-0.3, -0.25) is 9.59 Å². The Morgan fingerprint density at radius 1 is 1.56 bits per heavy atom. The summed E-state index contributed by atoms with van der Waals surface area (Å²) in [7, 11) is 1.21. The third-order valence-electron chi connectivity index (χ3n) is 2.16. The second-order valence-corrected chi connectivity index (χ2v) is 3.27. The molecule has 0 radical (unpaired) electrons. The molecule has 0 unspecified atom stereocenters. The van der Waals surface area contributed by atoms with Crippen molar-refractivity contribution >= 4 is 5.97 Å². The summed E-state index contributed by atoms with van der Waals surface area (Å²) in [5.74, 6) is -0.538. The first-order valence-corrected chi connectivity index (χ1v) is 4.53. The molecule has 6 heteroatoms. The van der Waals surface area contributed by atoms with Gasteiger partial charge in [-0.15, -0.1) is 0 Å². The van der Waals surface area contributed by atoms with Gasteiger partial charge in [-0.25, -0.2) is 8.78 Å². The molecule has 0 bridgehead atoms. The highest BCUT2D eigenvalue weighted by molar-refractivity contribution is 5.72. The predicted molar refractivity (Wildman–Crippen MR) is 52.5 cm³/mol. The van der Waals surface area contributed by atoms with Crippen LogP contribution >= 0.6 is 0 Å². The molecule has 4 nitrogen and oxygen atoms in total. The number of nitrogens with one attached hydrogen (secondary N) is 1. The van der Waals surface area contributed by atoms with E-state index >= 15 is 0 Å². The molecule has 0 fully saturated rings. The van der Waals surface area contributed by atoms with Crippen LogP contribution in [-0.2, 0) is 16.0 Å². The Bertz CT molecular complexity index is 454. The lowest BCUT2D eigenvalue weighted by molar-refractivity contribution is -0.139. The van der Waals surface area contributed by atoms with E-state index in [1.807, 2.05) is 0 Å². The van der Waals surface area contributed by atoms with Gasteiger partial charge in [-0.1, -0.05) is 0 Å². The number of aromatic nitrogens is 1. The van der Waals surface area contributed by atoms with E-state index < -0.39 is 23.5 Å². The topological polar surface area (TPSA) is 59.2 Å². The van der Waals surface area contributed by atoms with Crippen LogP contribution in [0.4, 0.5) is 8.78 Å². The van der Waals surface area contributed by atoms with Crippen molar-refractivity contribution in [2.45, 2.75) is 19.8 Å². The minimum atomic E-state index is -2.82. The van der Waals surface area contributed by atoms with E-state index in [1.165, 1.54) is 7.11 Å². The van der Waals surface area contributed by atoms with E-state index in [9.17, 15) is 18.4 Å². The number of methoxy groups -OCH3 is 1. The van der Waals surface area contributed by atoms with E-state index in [4.69, 9.17) is 0 Å². The summed E-state index contributed by atoms with van der Waals surface area (Å²) in [5.41, 5.74) is -0.743. The summed E-state index contributed by atoms with van der Waals surface area (Å²) in [6.07, 6.45) is -2.96. The molecule has 0 aliphatic carbocycles. The van der Waals surface area contributed by atoms with E-state index in [0.29, 0.717) is 11.3 Å². The third kappa shape index (κ3) is 2.65. The Morgan fingerprint density at radius 2 is 2.19 bits per heavy atom. The Hall–Kier alpha value is -1.72. The molecule has 0 atom stereocenters. The quantitative estimate of drug-likeness (QED) is 0.798. The zero-order valence-electron chi connectivity index (χ0n) is 8.84. The fourth-order valence-electron chi connectivity index (χ4n) is 1.26. The van der Waals surface area contributed by atoms with Crippen LogP contribution in [0.25, 0.3) is 0 Å². The molecule has 0 spiro atoms. The minimum absolute atomic E-state index is 0.138. The number of alkyl halides is 2. The van der Waals surface area contributed by atoms with Crippen molar-refractivity contribution in [1.82, 2.24) is 4.98 Å². The first kappa shape index (κ1) is 12.4. The van der Waals surface area contributed by atoms with Crippen molar-refractivity contribution in [3.8, 4) is 0 Å². The van der Waals surface area contributed by atoms with E-state index in [0.717, 1.165) is 6.07 Å². The molecule has 1 N–H and O–H groups in total. The number of hydrogen-bond donors (Lipinski definition) is 1. The van der Waals surface area contributed by atoms with Crippen LogP contribution in [0.3, 0.4) is 0 Å². The Kier molecular flexibility index (Phi) is 3.76. The maximum absolute atomic E-state index is 12.4. The van der Waals surface area contributed by atoms with Crippen LogP contribution in [0.5, 0.6) is 0 Å². The molecule has 0 saturated carbocycles. The summed E-state index contributed by atoms with van der Waals surface area (Å²) < 4.78 is 29.1. The molecular formula is C10H11F2NO3. The van der Waals surface area contributed by atoms with Crippen molar-refractivity contribution in [2.75, 3.05) is 7.11 Å². The van der Waals surface area contributed by atoms with Crippen LogP contribution in [0.15, 0.2) is 10.9 Å². The second-order valence-electron chi connectivity index (χ2n) is 3.27. The number of aryl methyl sites for hydroxylation is 1. The first-order chi connectivity index (χ1) is 7.45. The Morgan fingerprint density at radius 3 is 2.69 bits per heavy atom. The number of carbonyl (C=O) groups is 1. The van der Waals surface area contributed by atoms with E-state index in [-0.39, 0.29) is 6.42 Å². The lowest BCUT2D eigenvalue weighted by Crippen LogP contribution is -2.18. The summed E-state index contributed by atoms with van der Waals surface area (Å²) in [5, 5.41) is 0. The fraction of sp³-hybridized carbons (Fsp3) is 0.400. The molecule has 88 valence electrons. The lowest BCUT2D eigenvalue weighted by Gasteiger charge is -2.06. The number of rotatable bonds is 3. The lowest BCUT2D eigenvalue weighted by atomic mass is 10.1. The van der Waals surface area contributed by atoms with Gasteiger partial charge in [-0.2, -0.15) is 0 Å². The Balaban J connectivity index is 3.11. The molecule has 0 aromatic carbocycles. The smallest absolute Gasteiger partial charge is 0.311 e. The average molecular weight is 231 g/mol. The van der Waals surface area contributed by atoms with Gasteiger partial charge in [0.15, 0.2) is 0 Å². The normalized spacial score (nSPS) is 10.6. The van der Waals surface area contributed by atoms with Gasteiger partial charge < -0.3 is 9.72 Å². The average Bonchev–Trinajstić information content (AvgIpc) is 2.22. The highest BCUT2D eigenvalue weighted by Gasteiger charge is 2.15. The van der Waals surface area contributed by atoms with Gasteiger partial charge in [0.25, 0.3) is 12.0 Å². The predicted octanol–water partition coefficient (Wildman–Crippen LogP) is 1.34. The summed E-state index contributed by atoms with van der Waals surface area (Å²) >= 11 is 0. The van der Waals surface area contributed by atoms with Crippen LogP contribution < -0.4 is 5.56 Å². The Labute approximate surface area is 90.2 Å². The first-order valence-electron chi connectivity index (χ1n) is 4.53. The molecule has 0 saturated heterocycles. The zero-order valence-corrected chi connectivity index (χ0v) is 8.84. The van der Waals surface area contributed by atoms with Crippen molar-refractivity contribution in [2.24, 2.45) is 0 Å². The summed E-state index contributed by atoms with van der Waals surface area (Å²) in [6, 6.07) is 1.09. The number of halogens is 2. The number of H-pyrrole nitrogens is 1. The summed E-state index contributed by atoms with van der Waals surface area (Å²) in [6.45, 7) is 1.54. The second kappa shape index (κ2) is 4.87. The molecule has 1 aromatic heterocycles. The number of ether oxygens (including phenoxy) is 1. The van der Waals surface area contributed by atoms with Gasteiger partial charge in [0.1, 0.15) is 0 Å². The van der Waals surface area contributed by atoms with Crippen molar-refractivity contribution < 1.29 is 18.3 Å². The van der Waals surface area contributed by atoms with E-state index in [1.54, 1.807) is 6.92 Å². The van der Waals surface area contributed by atoms with E-state index in [2.05, 4.69) is 9.72 Å². The van der Waals surface area contributed by atoms with Gasteiger partial charge in [-0.05, 0) is 18.6 Å². The van der Waals surface area contributed by atoms with Gasteiger partial charge >= 0.3 is 5.97 Å². The largest absolute Gasteiger partial charge is 0.469 e. The monoisotopic (exact) mass is 231 g/mol. The molecule has 0 amide bonds. The zero-order chi connectivity index (χ0) is 12.3. The highest BCUT2D eigenvalue weighted by atomic mass is 19.3. The van der Waals surface area contributed by atoms with Crippen LogP contribution in [0.2, 0.25) is 0 Å². The fourth-order valence-corrected chi connectivity index (χ4v) is 1.26. The van der Waals surface area contributed by atoms with Crippen LogP contribution in [-0.4, -0.2) is 18.1 Å². The number of hydrogen-bond acceptors (Lipinski definition) is 3. The van der Waals surface area contributed by atoms with Gasteiger partial charge in [0.05, 0.1) is 19.1 Å². The third-order valence-corrected chi connectivity index (χ3v) is 2.16. The molecule has 1 heterocycles. The van der Waals surface area contributed by atoms with Crippen molar-refractivity contribution in [3.63, 3.8) is 0 Å². The summed E-state index contributed by atoms with van der Waals surface area (Å²) in [4.78, 5) is 24.4. The molecular weight excluding hydrogens is 220 g/mol. The number of pyridine rings is 1. The van der Waals surface area contributed by atoms with Crippen molar-refractivity contribution in [1.29, 1.82) is 0 Å². The highest BCUT2D eigenvalue weighted by Crippen LogP contribution is 2.16. The molecule has 0 aliphatic rings. The molecule has 16 heavy (non-hydrogen) atoms. The van der Waals surface area contributed by atoms with Crippen molar-refractivity contribution in [3.05, 3.63) is 33.2 Å². The number of aromatic amines is 1. The maximum Gasteiger partial charge on any atom is 0.311 e.